The zero-order chi connectivity index (χ0) is 14.8. The molecule has 3 aromatic rings. The second kappa shape index (κ2) is 5.66. The van der Waals surface area contributed by atoms with E-state index in [0.717, 1.165) is 10.9 Å². The number of para-hydroxylation sites is 1. The zero-order valence-electron chi connectivity index (χ0n) is 12.0. The lowest BCUT2D eigenvalue weighted by molar-refractivity contribution is 0.0788. The first-order valence-electron chi connectivity index (χ1n) is 6.79. The van der Waals surface area contributed by atoms with E-state index in [2.05, 4.69) is 23.4 Å². The Kier molecular flexibility index (Phi) is 3.71. The van der Waals surface area contributed by atoms with Crippen molar-refractivity contribution in [1.82, 2.24) is 9.88 Å². The van der Waals surface area contributed by atoms with Crippen LogP contribution < -0.4 is 0 Å². The minimum Gasteiger partial charge on any atom is -0.337 e. The number of aromatic nitrogens is 1. The molecule has 2 aromatic heterocycles. The molecule has 0 N–H and O–H groups in total. The molecule has 0 aliphatic rings. The number of hydrogen-bond donors (Lipinski definition) is 0. The van der Waals surface area contributed by atoms with Crippen LogP contribution in [0.25, 0.3) is 10.9 Å². The van der Waals surface area contributed by atoms with Crippen LogP contribution in [0.4, 0.5) is 0 Å². The van der Waals surface area contributed by atoms with E-state index in [9.17, 15) is 4.79 Å². The van der Waals surface area contributed by atoms with Crippen LogP contribution in [0.2, 0.25) is 0 Å². The van der Waals surface area contributed by atoms with Crippen LogP contribution in [0.5, 0.6) is 0 Å². The predicted molar refractivity (Wildman–Crippen MR) is 86.6 cm³/mol. The van der Waals surface area contributed by atoms with Gasteiger partial charge in [0.15, 0.2) is 0 Å². The van der Waals surface area contributed by atoms with Gasteiger partial charge in [-0.1, -0.05) is 18.2 Å². The molecular weight excluding hydrogens is 280 g/mol. The van der Waals surface area contributed by atoms with Crippen LogP contribution in [0.3, 0.4) is 0 Å². The van der Waals surface area contributed by atoms with Gasteiger partial charge in [0.2, 0.25) is 0 Å². The zero-order valence-corrected chi connectivity index (χ0v) is 12.9. The number of thiophene rings is 1. The molecule has 2 heterocycles. The number of rotatable bonds is 3. The number of pyridine rings is 1. The fraction of sp³-hybridized carbons (Fsp3) is 0.176. The highest BCUT2D eigenvalue weighted by Gasteiger charge is 2.16. The first-order valence-corrected chi connectivity index (χ1v) is 7.67. The third kappa shape index (κ3) is 2.67. The molecular formula is C17H16N2OS. The highest BCUT2D eigenvalue weighted by atomic mass is 32.1. The van der Waals surface area contributed by atoms with Crippen molar-refractivity contribution in [3.05, 3.63) is 64.0 Å². The van der Waals surface area contributed by atoms with Gasteiger partial charge in [0.05, 0.1) is 17.6 Å². The van der Waals surface area contributed by atoms with Gasteiger partial charge < -0.3 is 4.90 Å². The molecule has 0 bridgehead atoms. The van der Waals surface area contributed by atoms with Gasteiger partial charge in [0.1, 0.15) is 0 Å². The fourth-order valence-corrected chi connectivity index (χ4v) is 3.30. The fourth-order valence-electron chi connectivity index (χ4n) is 2.34. The van der Waals surface area contributed by atoms with Crippen LogP contribution >= 0.6 is 11.3 Å². The van der Waals surface area contributed by atoms with Crippen molar-refractivity contribution in [3.63, 3.8) is 0 Å². The van der Waals surface area contributed by atoms with Crippen molar-refractivity contribution in [3.8, 4) is 0 Å². The third-order valence-electron chi connectivity index (χ3n) is 3.58. The number of fused-ring (bicyclic) bond motifs is 1. The van der Waals surface area contributed by atoms with Crippen molar-refractivity contribution in [2.24, 2.45) is 0 Å². The maximum absolute atomic E-state index is 12.7. The molecule has 3 rings (SSSR count). The first-order chi connectivity index (χ1) is 10.2. The van der Waals surface area contributed by atoms with Crippen molar-refractivity contribution in [1.29, 1.82) is 0 Å². The van der Waals surface area contributed by atoms with E-state index >= 15 is 0 Å². The largest absolute Gasteiger partial charge is 0.337 e. The van der Waals surface area contributed by atoms with E-state index in [0.29, 0.717) is 12.1 Å². The highest BCUT2D eigenvalue weighted by Crippen LogP contribution is 2.21. The predicted octanol–water partition coefficient (Wildman–Crippen LogP) is 3.88. The average Bonchev–Trinajstić information content (AvgIpc) is 2.91. The summed E-state index contributed by atoms with van der Waals surface area (Å²) in [5.74, 6) is 0.0291. The summed E-state index contributed by atoms with van der Waals surface area (Å²) in [7, 11) is 1.84. The van der Waals surface area contributed by atoms with Crippen molar-refractivity contribution < 1.29 is 4.79 Å². The minimum absolute atomic E-state index is 0.0291. The number of carbonyl (C=O) groups is 1. The number of benzene rings is 1. The van der Waals surface area contributed by atoms with E-state index in [-0.39, 0.29) is 5.91 Å². The lowest BCUT2D eigenvalue weighted by atomic mass is 10.1. The summed E-state index contributed by atoms with van der Waals surface area (Å²) in [5, 5.41) is 2.96. The van der Waals surface area contributed by atoms with E-state index in [1.807, 2.05) is 31.3 Å². The van der Waals surface area contributed by atoms with E-state index in [4.69, 9.17) is 0 Å². The molecule has 0 atom stereocenters. The third-order valence-corrected chi connectivity index (χ3v) is 4.58. The summed E-state index contributed by atoms with van der Waals surface area (Å²) in [5.41, 5.74) is 2.79. The van der Waals surface area contributed by atoms with Crippen LogP contribution in [0, 0.1) is 6.92 Å². The molecule has 0 radical (unpaired) electrons. The normalized spacial score (nSPS) is 10.8. The van der Waals surface area contributed by atoms with Gasteiger partial charge in [0, 0.05) is 23.5 Å². The molecule has 0 aliphatic heterocycles. The molecule has 3 nitrogen and oxygen atoms in total. The van der Waals surface area contributed by atoms with Crippen LogP contribution in [-0.2, 0) is 6.54 Å². The summed E-state index contributed by atoms with van der Waals surface area (Å²) in [6.07, 6.45) is 1.69. The maximum Gasteiger partial charge on any atom is 0.254 e. The number of amides is 1. The number of carbonyl (C=O) groups excluding carboxylic acids is 1. The average molecular weight is 296 g/mol. The van der Waals surface area contributed by atoms with Crippen molar-refractivity contribution >= 4 is 28.1 Å². The Bertz CT molecular complexity index is 789. The molecule has 4 heteroatoms. The molecule has 1 amide bonds. The summed E-state index contributed by atoms with van der Waals surface area (Å²) in [6, 6.07) is 11.6. The lowest BCUT2D eigenvalue weighted by Crippen LogP contribution is -2.26. The second-order valence-electron chi connectivity index (χ2n) is 5.06. The second-order valence-corrected chi connectivity index (χ2v) is 6.06. The van der Waals surface area contributed by atoms with Crippen LogP contribution in [-0.4, -0.2) is 22.8 Å². The molecule has 0 saturated carbocycles. The van der Waals surface area contributed by atoms with E-state index < -0.39 is 0 Å². The van der Waals surface area contributed by atoms with E-state index in [1.54, 1.807) is 28.5 Å². The van der Waals surface area contributed by atoms with Gasteiger partial charge in [-0.2, -0.15) is 0 Å². The van der Waals surface area contributed by atoms with Gasteiger partial charge in [0.25, 0.3) is 5.91 Å². The Balaban J connectivity index is 1.91. The molecule has 1 aromatic carbocycles. The van der Waals surface area contributed by atoms with Crippen LogP contribution in [0.1, 0.15) is 20.8 Å². The summed E-state index contributed by atoms with van der Waals surface area (Å²) in [6.45, 7) is 2.71. The Hall–Kier alpha value is -2.20. The molecule has 106 valence electrons. The van der Waals surface area contributed by atoms with Gasteiger partial charge in [-0.05, 0) is 36.1 Å². The van der Waals surface area contributed by atoms with Crippen molar-refractivity contribution in [2.75, 3.05) is 7.05 Å². The summed E-state index contributed by atoms with van der Waals surface area (Å²) < 4.78 is 0. The Morgan fingerprint density at radius 1 is 1.24 bits per heavy atom. The molecule has 0 aliphatic carbocycles. The molecule has 21 heavy (non-hydrogen) atoms. The van der Waals surface area contributed by atoms with Crippen LogP contribution in [0.15, 0.2) is 48.0 Å². The molecule has 0 fully saturated rings. The maximum atomic E-state index is 12.7. The SMILES string of the molecule is Cc1ccsc1CN(C)C(=O)c1ccnc2ccccc12. The van der Waals surface area contributed by atoms with Crippen molar-refractivity contribution in [2.45, 2.75) is 13.5 Å². The monoisotopic (exact) mass is 296 g/mol. The summed E-state index contributed by atoms with van der Waals surface area (Å²) in [4.78, 5) is 20.0. The standard InChI is InChI=1S/C17H16N2OS/c1-12-8-10-21-16(12)11-19(2)17(20)14-7-9-18-15-6-4-3-5-13(14)15/h3-10H,11H2,1-2H3. The van der Waals surface area contributed by atoms with Gasteiger partial charge in [-0.3, -0.25) is 9.78 Å². The minimum atomic E-state index is 0.0291. The number of aryl methyl sites for hydroxylation is 1. The number of nitrogens with zero attached hydrogens (tertiary/aromatic N) is 2. The topological polar surface area (TPSA) is 33.2 Å². The Labute approximate surface area is 127 Å². The Morgan fingerprint density at radius 3 is 2.81 bits per heavy atom. The first kappa shape index (κ1) is 13.8. The van der Waals surface area contributed by atoms with E-state index in [1.165, 1.54) is 10.4 Å². The number of hydrogen-bond acceptors (Lipinski definition) is 3. The smallest absolute Gasteiger partial charge is 0.254 e. The highest BCUT2D eigenvalue weighted by molar-refractivity contribution is 7.10. The molecule has 0 spiro atoms. The van der Waals surface area contributed by atoms with Gasteiger partial charge >= 0.3 is 0 Å². The van der Waals surface area contributed by atoms with Gasteiger partial charge in [-0.15, -0.1) is 11.3 Å². The Morgan fingerprint density at radius 2 is 2.05 bits per heavy atom. The quantitative estimate of drug-likeness (QED) is 0.735. The summed E-state index contributed by atoms with van der Waals surface area (Å²) >= 11 is 1.69. The van der Waals surface area contributed by atoms with Gasteiger partial charge in [-0.25, -0.2) is 0 Å². The molecule has 0 saturated heterocycles. The molecule has 0 unspecified atom stereocenters. The lowest BCUT2D eigenvalue weighted by Gasteiger charge is -2.18.